The van der Waals surface area contributed by atoms with Crippen LogP contribution in [0.4, 0.5) is 5.69 Å². The summed E-state index contributed by atoms with van der Waals surface area (Å²) in [5, 5.41) is 10.7. The number of hydrogen-bond donors (Lipinski definition) is 2. The Morgan fingerprint density at radius 3 is 1.75 bits per heavy atom. The Hall–Kier alpha value is -5.47. The van der Waals surface area contributed by atoms with E-state index in [2.05, 4.69) is 90.4 Å². The molecule has 2 heterocycles. The summed E-state index contributed by atoms with van der Waals surface area (Å²) in [6, 6.07) is 43.3. The molecule has 9 nitrogen and oxygen atoms in total. The van der Waals surface area contributed by atoms with Crippen LogP contribution in [-0.4, -0.2) is 54.0 Å². The van der Waals surface area contributed by atoms with Crippen LogP contribution in [0.2, 0.25) is 5.02 Å². The molecule has 0 spiro atoms. The molecule has 1 atom stereocenters. The molecule has 0 bridgehead atoms. The summed E-state index contributed by atoms with van der Waals surface area (Å²) >= 11 is 15.0. The summed E-state index contributed by atoms with van der Waals surface area (Å²) < 4.78 is 11.7. The van der Waals surface area contributed by atoms with Gasteiger partial charge in [-0.15, -0.1) is 0 Å². The molecule has 12 heteroatoms. The molecular weight excluding hydrogens is 973 g/mol. The van der Waals surface area contributed by atoms with Crippen LogP contribution in [-0.2, 0) is 14.4 Å². The van der Waals surface area contributed by atoms with Crippen molar-refractivity contribution < 1.29 is 23.5 Å². The van der Waals surface area contributed by atoms with E-state index in [4.69, 9.17) is 32.0 Å². The van der Waals surface area contributed by atoms with Crippen molar-refractivity contribution >= 4 is 79.1 Å². The van der Waals surface area contributed by atoms with Crippen LogP contribution >= 0.6 is 28.8 Å². The standard InChI is InChI=1S/C61H74Cl2N3O6P/c1-3-4-5-6-7-8-9-10-11-12-23-32-59(68)65-48-34-36-53(56(62)43-48)55-45-60(69)72-57-44-49(35-37-54(55)57)71-46(2)61(70)66-40-38-47(39-41-66)64-58(67)33-24-16-25-42-73(63,50-26-17-13-18-27-50,51-28-19-14-20-29-51)52-30-21-15-22-31-52/h13-15,17-22,26-31,34-37,43-47H,3-12,16,23-25,32-33,38-42H2,1-2H3,(H,64,67)(H,65,68)/t46-/m1/s1. The Morgan fingerprint density at radius 1 is 0.658 bits per heavy atom. The molecule has 1 aliphatic rings. The number of anilines is 1. The topological polar surface area (TPSA) is 118 Å². The number of hydrogen-bond acceptors (Lipinski definition) is 6. The van der Waals surface area contributed by atoms with Crippen molar-refractivity contribution in [1.29, 1.82) is 0 Å². The van der Waals surface area contributed by atoms with Gasteiger partial charge in [0.2, 0.25) is 5.91 Å². The molecule has 1 fully saturated rings. The van der Waals surface area contributed by atoms with Gasteiger partial charge in [-0.2, -0.15) is 0 Å². The normalized spacial score (nSPS) is 14.0. The van der Waals surface area contributed by atoms with Gasteiger partial charge in [0.1, 0.15) is 11.3 Å². The summed E-state index contributed by atoms with van der Waals surface area (Å²) in [4.78, 5) is 54.2. The van der Waals surface area contributed by atoms with E-state index in [0.29, 0.717) is 77.3 Å². The third-order valence-corrected chi connectivity index (χ3v) is 22.3. The predicted octanol–water partition coefficient (Wildman–Crippen LogP) is 13.9. The maximum Gasteiger partial charge on any atom is 0.0505 e. The van der Waals surface area contributed by atoms with E-state index in [9.17, 15) is 19.2 Å². The van der Waals surface area contributed by atoms with Gasteiger partial charge in [0, 0.05) is 40.8 Å². The summed E-state index contributed by atoms with van der Waals surface area (Å²) in [6.45, 7) is 4.95. The number of fused-ring (bicyclic) bond motifs is 1. The van der Waals surface area contributed by atoms with Crippen molar-refractivity contribution in [1.82, 2.24) is 10.2 Å². The van der Waals surface area contributed by atoms with Crippen LogP contribution in [0.3, 0.4) is 0 Å². The van der Waals surface area contributed by atoms with E-state index in [-0.39, 0.29) is 23.8 Å². The summed E-state index contributed by atoms with van der Waals surface area (Å²) in [6.07, 6.45) is 18.1. The van der Waals surface area contributed by atoms with E-state index in [1.54, 1.807) is 48.2 Å². The molecule has 0 radical (unpaired) electrons. The van der Waals surface area contributed by atoms with Crippen molar-refractivity contribution in [3.05, 3.63) is 149 Å². The minimum absolute atomic E-state index is 0.0159. The van der Waals surface area contributed by atoms with E-state index in [0.717, 1.165) is 60.6 Å². The molecule has 6 aromatic rings. The molecule has 0 unspecified atom stereocenters. The number of unbranched alkanes of at least 4 members (excludes halogenated alkanes) is 12. The Morgan fingerprint density at radius 2 is 1.19 bits per heavy atom. The fraction of sp³-hybridized carbons (Fsp3) is 0.410. The Bertz CT molecular complexity index is 2680. The van der Waals surface area contributed by atoms with E-state index in [1.165, 1.54) is 57.4 Å². The number of nitrogens with zero attached hydrogens (tertiary/aromatic N) is 1. The van der Waals surface area contributed by atoms with Crippen molar-refractivity contribution in [3.8, 4) is 16.9 Å². The second-order valence-electron chi connectivity index (χ2n) is 19.8. The van der Waals surface area contributed by atoms with Gasteiger partial charge in [-0.05, 0) is 37.6 Å². The first-order valence-corrected chi connectivity index (χ1v) is 30.5. The number of carbonyl (C=O) groups is 3. The number of nitrogens with one attached hydrogen (secondary N) is 2. The Balaban J connectivity index is 0.847. The minimum atomic E-state index is -3.34. The van der Waals surface area contributed by atoms with Gasteiger partial charge in [0.25, 0.3) is 0 Å². The predicted molar refractivity (Wildman–Crippen MR) is 305 cm³/mol. The SMILES string of the molecule is CCCCCCCCCCCCCC(=O)Nc1ccc(-c2cc(=O)oc3cc(O[C@H](C)C(=O)N4CCC(NC(=O)CCCCCP(Cl)(c5ccccc5)(c5ccccc5)c5ccccc5)CC4)ccc23)c(Cl)c1. The first kappa shape index (κ1) is 55.3. The van der Waals surface area contributed by atoms with Crippen LogP contribution < -0.4 is 36.9 Å². The number of amides is 3. The third kappa shape index (κ3) is 14.6. The summed E-state index contributed by atoms with van der Waals surface area (Å²) in [5.74, 6) is -3.14. The van der Waals surface area contributed by atoms with Crippen LogP contribution in [0.1, 0.15) is 129 Å². The first-order valence-electron chi connectivity index (χ1n) is 26.8. The average molecular weight is 1050 g/mol. The van der Waals surface area contributed by atoms with Gasteiger partial charge in [-0.25, -0.2) is 4.79 Å². The quantitative estimate of drug-likeness (QED) is 0.0301. The molecule has 0 aliphatic carbocycles. The van der Waals surface area contributed by atoms with Crippen LogP contribution in [0.15, 0.2) is 143 Å². The summed E-state index contributed by atoms with van der Waals surface area (Å²) in [5.41, 5.74) is 1.53. The second-order valence-corrected chi connectivity index (χ2v) is 26.8. The Kier molecular flexibility index (Phi) is 20.6. The van der Waals surface area contributed by atoms with E-state index < -0.39 is 17.7 Å². The molecule has 73 heavy (non-hydrogen) atoms. The van der Waals surface area contributed by atoms with Crippen molar-refractivity contribution in [2.75, 3.05) is 24.6 Å². The molecule has 1 saturated heterocycles. The van der Waals surface area contributed by atoms with Crippen LogP contribution in [0.25, 0.3) is 22.1 Å². The van der Waals surface area contributed by atoms with Crippen LogP contribution in [0.5, 0.6) is 5.75 Å². The molecule has 1 aliphatic heterocycles. The number of halogens is 2. The maximum atomic E-state index is 13.6. The molecule has 388 valence electrons. The van der Waals surface area contributed by atoms with Gasteiger partial charge < -0.3 is 14.5 Å². The zero-order valence-corrected chi connectivity index (χ0v) is 45.2. The third-order valence-electron chi connectivity index (χ3n) is 14.5. The maximum absolute atomic E-state index is 13.6. The zero-order chi connectivity index (χ0) is 51.5. The minimum Gasteiger partial charge on any atom is -0.0836 e. The fourth-order valence-electron chi connectivity index (χ4n) is 10.4. The molecule has 5 aromatic carbocycles. The monoisotopic (exact) mass is 1050 g/mol. The van der Waals surface area contributed by atoms with E-state index >= 15 is 0 Å². The Labute approximate surface area is 442 Å². The molecule has 2 N–H and O–H groups in total. The summed E-state index contributed by atoms with van der Waals surface area (Å²) in [7, 11) is 0. The van der Waals surface area contributed by atoms with Gasteiger partial charge in [0.15, 0.2) is 6.10 Å². The fourth-order valence-corrected chi connectivity index (χ4v) is 16.9. The van der Waals surface area contributed by atoms with Crippen LogP contribution in [0, 0.1) is 0 Å². The number of likely N-dealkylation sites (tertiary alicyclic amines) is 1. The number of piperidine rings is 1. The number of benzene rings is 5. The first-order chi connectivity index (χ1) is 35.5. The number of carbonyl (C=O) groups excluding carboxylic acids is 3. The molecule has 3 amide bonds. The molecular formula is C61H74Cl2N3O6P. The molecule has 0 saturated carbocycles. The van der Waals surface area contributed by atoms with Crippen molar-refractivity contribution in [2.24, 2.45) is 0 Å². The number of rotatable bonds is 27. The van der Waals surface area contributed by atoms with Crippen molar-refractivity contribution in [3.63, 3.8) is 0 Å². The molecule has 1 aromatic heterocycles. The smallest absolute Gasteiger partial charge is 0.0505 e. The average Bonchev–Trinajstić information content (AvgIpc) is 3.40. The molecule has 7 rings (SSSR count). The number of ether oxygens (including phenoxy) is 1. The van der Waals surface area contributed by atoms with Gasteiger partial charge in [-0.3, -0.25) is 9.59 Å². The second kappa shape index (κ2) is 27.2. The van der Waals surface area contributed by atoms with Gasteiger partial charge in [-0.1, -0.05) is 88.8 Å². The largest absolute Gasteiger partial charge is 0.0836 e. The van der Waals surface area contributed by atoms with Crippen molar-refractivity contribution in [2.45, 2.75) is 142 Å². The van der Waals surface area contributed by atoms with E-state index in [1.807, 2.05) is 18.2 Å². The van der Waals surface area contributed by atoms with Gasteiger partial charge in [0.05, 0.1) is 5.02 Å². The zero-order valence-electron chi connectivity index (χ0n) is 42.8. The van der Waals surface area contributed by atoms with Gasteiger partial charge >= 0.3 is 220 Å².